The van der Waals surface area contributed by atoms with Crippen molar-refractivity contribution in [2.45, 2.75) is 18.9 Å². The van der Waals surface area contributed by atoms with Gasteiger partial charge in [-0.2, -0.15) is 5.10 Å². The molecule has 27 heavy (non-hydrogen) atoms. The van der Waals surface area contributed by atoms with Gasteiger partial charge in [0.1, 0.15) is 5.82 Å². The van der Waals surface area contributed by atoms with Gasteiger partial charge in [0.25, 0.3) is 0 Å². The van der Waals surface area contributed by atoms with Crippen molar-refractivity contribution in [2.24, 2.45) is 13.0 Å². The zero-order valence-corrected chi connectivity index (χ0v) is 16.8. The molecule has 0 spiro atoms. The first-order valence-corrected chi connectivity index (χ1v) is 8.56. The number of aryl methyl sites for hydroxylation is 1. The third-order valence-electron chi connectivity index (χ3n) is 4.88. The first-order valence-electron chi connectivity index (χ1n) is 8.56. The van der Waals surface area contributed by atoms with Gasteiger partial charge in [-0.05, 0) is 24.6 Å². The maximum atomic E-state index is 12.8. The van der Waals surface area contributed by atoms with E-state index in [9.17, 15) is 4.79 Å². The molecule has 1 saturated heterocycles. The number of carbonyl (C=O) groups is 1. The second-order valence-electron chi connectivity index (χ2n) is 6.69. The summed E-state index contributed by atoms with van der Waals surface area (Å²) in [5.41, 5.74) is 2.99. The molecule has 1 aliphatic rings. The van der Waals surface area contributed by atoms with E-state index in [0.29, 0.717) is 6.54 Å². The first kappa shape index (κ1) is 21.2. The van der Waals surface area contributed by atoms with Gasteiger partial charge in [0.05, 0.1) is 29.2 Å². The molecule has 146 valence electrons. The molecule has 3 atom stereocenters. The largest absolute Gasteiger partial charge is 0.346 e. The number of rotatable bonds is 4. The van der Waals surface area contributed by atoms with Gasteiger partial charge in [-0.15, -0.1) is 24.8 Å². The van der Waals surface area contributed by atoms with Crippen molar-refractivity contribution in [3.63, 3.8) is 0 Å². The summed E-state index contributed by atoms with van der Waals surface area (Å²) in [7, 11) is 1.89. The van der Waals surface area contributed by atoms with Crippen LogP contribution >= 0.6 is 24.8 Å². The molecule has 0 aliphatic carbocycles. The van der Waals surface area contributed by atoms with Gasteiger partial charge in [-0.1, -0.05) is 12.1 Å². The van der Waals surface area contributed by atoms with E-state index in [1.54, 1.807) is 4.68 Å². The van der Waals surface area contributed by atoms with E-state index in [1.807, 2.05) is 50.6 Å². The summed E-state index contributed by atoms with van der Waals surface area (Å²) in [6.45, 7) is 3.43. The number of nitrogens with zero attached hydrogens (tertiary/aromatic N) is 3. The van der Waals surface area contributed by atoms with Crippen LogP contribution in [-0.4, -0.2) is 38.7 Å². The topological polar surface area (TPSA) is 87.6 Å². The number of imidazole rings is 1. The van der Waals surface area contributed by atoms with Crippen LogP contribution in [0.2, 0.25) is 0 Å². The Labute approximate surface area is 170 Å². The quantitative estimate of drug-likeness (QED) is 0.615. The Morgan fingerprint density at radius 2 is 2.07 bits per heavy atom. The van der Waals surface area contributed by atoms with Crippen molar-refractivity contribution in [1.82, 2.24) is 30.4 Å². The van der Waals surface area contributed by atoms with Crippen molar-refractivity contribution in [2.75, 3.05) is 13.1 Å². The number of benzene rings is 1. The van der Waals surface area contributed by atoms with Crippen molar-refractivity contribution in [3.05, 3.63) is 48.0 Å². The maximum absolute atomic E-state index is 12.8. The Morgan fingerprint density at radius 3 is 2.78 bits per heavy atom. The van der Waals surface area contributed by atoms with E-state index >= 15 is 0 Å². The Kier molecular flexibility index (Phi) is 6.86. The lowest BCUT2D eigenvalue weighted by Crippen LogP contribution is -2.36. The van der Waals surface area contributed by atoms with Crippen molar-refractivity contribution >= 4 is 41.8 Å². The van der Waals surface area contributed by atoms with Crippen molar-refractivity contribution in [3.8, 4) is 0 Å². The Morgan fingerprint density at radius 1 is 1.30 bits per heavy atom. The van der Waals surface area contributed by atoms with Gasteiger partial charge >= 0.3 is 0 Å². The minimum Gasteiger partial charge on any atom is -0.346 e. The zero-order valence-electron chi connectivity index (χ0n) is 15.2. The average molecular weight is 411 g/mol. The Balaban J connectivity index is 0.00000131. The minimum atomic E-state index is -0.171. The summed E-state index contributed by atoms with van der Waals surface area (Å²) in [5, 5.41) is 10.7. The van der Waals surface area contributed by atoms with Gasteiger partial charge in [-0.3, -0.25) is 9.48 Å². The molecule has 1 aromatic carbocycles. The van der Waals surface area contributed by atoms with Crippen LogP contribution in [-0.2, 0) is 11.8 Å². The molecular weight excluding hydrogens is 387 g/mol. The SMILES string of the molecule is CC(NC(=O)[C@H]1CNC[C@@H]1c1cnn(C)c1)c1nc2ccccc2[nH]1.Cl.Cl. The number of carbonyl (C=O) groups excluding carboxylic acids is 1. The molecule has 0 saturated carbocycles. The number of halogens is 2. The number of hydrogen-bond acceptors (Lipinski definition) is 4. The van der Waals surface area contributed by atoms with Crippen LogP contribution in [0, 0.1) is 5.92 Å². The van der Waals surface area contributed by atoms with Crippen LogP contribution in [0.4, 0.5) is 0 Å². The highest BCUT2D eigenvalue weighted by molar-refractivity contribution is 5.85. The highest BCUT2D eigenvalue weighted by atomic mass is 35.5. The van der Waals surface area contributed by atoms with Gasteiger partial charge in [-0.25, -0.2) is 4.98 Å². The molecule has 1 unspecified atom stereocenters. The van der Waals surface area contributed by atoms with Crippen LogP contribution in [0.3, 0.4) is 0 Å². The van der Waals surface area contributed by atoms with E-state index in [0.717, 1.165) is 29.0 Å². The fourth-order valence-corrected chi connectivity index (χ4v) is 3.50. The highest BCUT2D eigenvalue weighted by Gasteiger charge is 2.35. The predicted octanol–water partition coefficient (Wildman–Crippen LogP) is 2.32. The summed E-state index contributed by atoms with van der Waals surface area (Å²) in [6.07, 6.45) is 3.83. The standard InChI is InChI=1S/C18H22N6O.2ClH/c1-11(17-22-15-5-3-4-6-16(15)23-17)21-18(25)14-9-19-8-13(14)12-7-20-24(2)10-12;;/h3-7,10-11,13-14,19H,8-9H2,1-2H3,(H,21,25)(H,22,23);2*1H/t11?,13-,14+;;/m1../s1. The predicted molar refractivity (Wildman–Crippen MR) is 109 cm³/mol. The summed E-state index contributed by atoms with van der Waals surface area (Å²) in [6, 6.07) is 7.70. The second kappa shape index (κ2) is 8.73. The molecule has 1 fully saturated rings. The second-order valence-corrected chi connectivity index (χ2v) is 6.69. The van der Waals surface area contributed by atoms with Gasteiger partial charge in [0, 0.05) is 32.3 Å². The molecule has 1 amide bonds. The monoisotopic (exact) mass is 410 g/mol. The third kappa shape index (κ3) is 4.26. The molecule has 7 nitrogen and oxygen atoms in total. The Hall–Kier alpha value is -2.09. The summed E-state index contributed by atoms with van der Waals surface area (Å²) < 4.78 is 1.78. The molecular formula is C18H24Cl2N6O. The normalized spacial score (nSPS) is 19.9. The Bertz CT molecular complexity index is 875. The summed E-state index contributed by atoms with van der Waals surface area (Å²) in [5.74, 6) is 0.873. The first-order chi connectivity index (χ1) is 12.1. The number of nitrogens with one attached hydrogen (secondary N) is 3. The van der Waals surface area contributed by atoms with Gasteiger partial charge in [0.15, 0.2) is 0 Å². The molecule has 0 bridgehead atoms. The third-order valence-corrected chi connectivity index (χ3v) is 4.88. The van der Waals surface area contributed by atoms with Crippen LogP contribution in [0.25, 0.3) is 11.0 Å². The van der Waals surface area contributed by atoms with Crippen LogP contribution in [0.1, 0.15) is 30.3 Å². The maximum Gasteiger partial charge on any atom is 0.225 e. The number of amides is 1. The number of aromatic amines is 1. The molecule has 3 N–H and O–H groups in total. The number of fused-ring (bicyclic) bond motifs is 1. The molecule has 4 rings (SSSR count). The van der Waals surface area contributed by atoms with E-state index in [1.165, 1.54) is 0 Å². The fourth-order valence-electron chi connectivity index (χ4n) is 3.50. The molecule has 1 aliphatic heterocycles. The van der Waals surface area contributed by atoms with Crippen LogP contribution < -0.4 is 10.6 Å². The summed E-state index contributed by atoms with van der Waals surface area (Å²) >= 11 is 0. The smallest absolute Gasteiger partial charge is 0.225 e. The lowest BCUT2D eigenvalue weighted by Gasteiger charge is -2.19. The molecule has 2 aromatic heterocycles. The average Bonchev–Trinajstić information content (AvgIpc) is 3.32. The van der Waals surface area contributed by atoms with E-state index < -0.39 is 0 Å². The van der Waals surface area contributed by atoms with Crippen molar-refractivity contribution in [1.29, 1.82) is 0 Å². The lowest BCUT2D eigenvalue weighted by molar-refractivity contribution is -0.125. The van der Waals surface area contributed by atoms with Crippen molar-refractivity contribution < 1.29 is 4.79 Å². The molecule has 3 heterocycles. The van der Waals surface area contributed by atoms with E-state index in [4.69, 9.17) is 0 Å². The fraction of sp³-hybridized carbons (Fsp3) is 0.389. The lowest BCUT2D eigenvalue weighted by atomic mass is 9.90. The van der Waals surface area contributed by atoms with E-state index in [2.05, 4.69) is 25.7 Å². The number of aromatic nitrogens is 4. The molecule has 3 aromatic rings. The molecule has 9 heteroatoms. The van der Waals surface area contributed by atoms with Crippen LogP contribution in [0.15, 0.2) is 36.7 Å². The number of hydrogen-bond donors (Lipinski definition) is 3. The minimum absolute atomic E-state index is 0. The van der Waals surface area contributed by atoms with Gasteiger partial charge < -0.3 is 15.6 Å². The van der Waals surface area contributed by atoms with Gasteiger partial charge in [0.2, 0.25) is 5.91 Å². The highest BCUT2D eigenvalue weighted by Crippen LogP contribution is 2.28. The zero-order chi connectivity index (χ0) is 17.4. The summed E-state index contributed by atoms with van der Waals surface area (Å²) in [4.78, 5) is 20.7. The number of H-pyrrole nitrogens is 1. The van der Waals surface area contributed by atoms with E-state index in [-0.39, 0.29) is 48.6 Å². The molecule has 0 radical (unpaired) electrons. The van der Waals surface area contributed by atoms with Crippen LogP contribution in [0.5, 0.6) is 0 Å². The number of para-hydroxylation sites is 2.